The van der Waals surface area contributed by atoms with Gasteiger partial charge in [-0.3, -0.25) is 10.1 Å². The molecule has 1 saturated heterocycles. The van der Waals surface area contributed by atoms with E-state index in [0.29, 0.717) is 20.9 Å². The Bertz CT molecular complexity index is 701. The summed E-state index contributed by atoms with van der Waals surface area (Å²) in [5, 5.41) is 13.7. The van der Waals surface area contributed by atoms with Crippen molar-refractivity contribution in [2.75, 3.05) is 29.5 Å². The first-order valence-corrected chi connectivity index (χ1v) is 9.38. The van der Waals surface area contributed by atoms with Crippen molar-refractivity contribution in [1.82, 2.24) is 15.1 Å². The zero-order valence-electron chi connectivity index (χ0n) is 12.9. The van der Waals surface area contributed by atoms with Gasteiger partial charge < -0.3 is 10.2 Å². The lowest BCUT2D eigenvalue weighted by atomic mass is 10.3. The molecule has 3 rings (SSSR count). The molecule has 2 N–H and O–H groups in total. The number of nitrogens with one attached hydrogen (secondary N) is 2. The van der Waals surface area contributed by atoms with Crippen molar-refractivity contribution in [2.45, 2.75) is 17.2 Å². The number of rotatable bonds is 5. The van der Waals surface area contributed by atoms with Gasteiger partial charge in [0.1, 0.15) is 0 Å². The van der Waals surface area contributed by atoms with Gasteiger partial charge in [0.25, 0.3) is 0 Å². The molecule has 3 amide bonds. The minimum atomic E-state index is -0.373. The molecule has 7 nitrogen and oxygen atoms in total. The number of amides is 3. The van der Waals surface area contributed by atoms with Gasteiger partial charge in [0.15, 0.2) is 4.34 Å². The van der Waals surface area contributed by atoms with Crippen molar-refractivity contribution in [3.05, 3.63) is 30.3 Å². The first-order valence-electron chi connectivity index (χ1n) is 7.58. The van der Waals surface area contributed by atoms with Crippen molar-refractivity contribution in [3.8, 4) is 0 Å². The molecule has 1 fully saturated rings. The number of carbonyl (C=O) groups is 2. The second kappa shape index (κ2) is 8.11. The van der Waals surface area contributed by atoms with Gasteiger partial charge in [0, 0.05) is 18.8 Å². The average molecular weight is 363 g/mol. The van der Waals surface area contributed by atoms with E-state index in [9.17, 15) is 9.59 Å². The number of anilines is 2. The highest BCUT2D eigenvalue weighted by Gasteiger charge is 2.18. The van der Waals surface area contributed by atoms with Gasteiger partial charge in [0.05, 0.1) is 5.75 Å². The number of hydrogen-bond acceptors (Lipinski definition) is 6. The molecular weight excluding hydrogens is 346 g/mol. The monoisotopic (exact) mass is 363 g/mol. The quantitative estimate of drug-likeness (QED) is 0.630. The van der Waals surface area contributed by atoms with Crippen molar-refractivity contribution in [1.29, 1.82) is 0 Å². The normalized spacial score (nSPS) is 13.8. The standard InChI is InChI=1S/C15H17N5O2S2/c21-12(20-8-4-5-9-20)10-23-15-19-18-14(24-15)17-13(22)16-11-6-2-1-3-7-11/h1-3,6-7H,4-5,8-10H2,(H2,16,17,18,22). The lowest BCUT2D eigenvalue weighted by Crippen LogP contribution is -2.29. The molecule has 1 aromatic carbocycles. The molecule has 1 aliphatic heterocycles. The second-order valence-corrected chi connectivity index (χ2v) is 7.39. The van der Waals surface area contributed by atoms with Crippen LogP contribution < -0.4 is 10.6 Å². The number of para-hydroxylation sites is 1. The topological polar surface area (TPSA) is 87.2 Å². The number of urea groups is 1. The number of carbonyl (C=O) groups excluding carboxylic acids is 2. The average Bonchev–Trinajstić information content (AvgIpc) is 3.25. The zero-order chi connectivity index (χ0) is 16.8. The number of benzene rings is 1. The van der Waals surface area contributed by atoms with Crippen LogP contribution >= 0.6 is 23.1 Å². The number of likely N-dealkylation sites (tertiary alicyclic amines) is 1. The fourth-order valence-electron chi connectivity index (χ4n) is 2.28. The largest absolute Gasteiger partial charge is 0.342 e. The van der Waals surface area contributed by atoms with Crippen LogP contribution in [-0.4, -0.2) is 45.9 Å². The van der Waals surface area contributed by atoms with Crippen LogP contribution in [0, 0.1) is 0 Å². The van der Waals surface area contributed by atoms with E-state index in [0.717, 1.165) is 25.9 Å². The maximum absolute atomic E-state index is 12.0. The van der Waals surface area contributed by atoms with Gasteiger partial charge in [-0.15, -0.1) is 10.2 Å². The fraction of sp³-hybridized carbons (Fsp3) is 0.333. The van der Waals surface area contributed by atoms with Crippen LogP contribution in [0.3, 0.4) is 0 Å². The Balaban J connectivity index is 1.46. The highest BCUT2D eigenvalue weighted by Crippen LogP contribution is 2.26. The van der Waals surface area contributed by atoms with E-state index < -0.39 is 0 Å². The molecule has 2 aromatic rings. The Morgan fingerprint density at radius 3 is 2.62 bits per heavy atom. The predicted octanol–water partition coefficient (Wildman–Crippen LogP) is 2.90. The van der Waals surface area contributed by atoms with E-state index in [2.05, 4.69) is 20.8 Å². The van der Waals surface area contributed by atoms with Gasteiger partial charge in [-0.05, 0) is 25.0 Å². The molecule has 0 bridgehead atoms. The third-order valence-corrected chi connectivity index (χ3v) is 5.39. The molecule has 1 aromatic heterocycles. The van der Waals surface area contributed by atoms with Gasteiger partial charge in [-0.25, -0.2) is 4.79 Å². The van der Waals surface area contributed by atoms with Gasteiger partial charge in [-0.2, -0.15) is 0 Å². The Hall–Kier alpha value is -2.13. The molecule has 24 heavy (non-hydrogen) atoms. The summed E-state index contributed by atoms with van der Waals surface area (Å²) in [7, 11) is 0. The smallest absolute Gasteiger partial charge is 0.325 e. The minimum absolute atomic E-state index is 0.129. The third kappa shape index (κ3) is 4.68. The summed E-state index contributed by atoms with van der Waals surface area (Å²) in [5.74, 6) is 0.481. The Kier molecular flexibility index (Phi) is 5.65. The zero-order valence-corrected chi connectivity index (χ0v) is 14.5. The Morgan fingerprint density at radius 1 is 1.12 bits per heavy atom. The van der Waals surface area contributed by atoms with E-state index in [1.165, 1.54) is 23.1 Å². The summed E-state index contributed by atoms with van der Waals surface area (Å²) < 4.78 is 0.664. The lowest BCUT2D eigenvalue weighted by molar-refractivity contribution is -0.127. The summed E-state index contributed by atoms with van der Waals surface area (Å²) in [6.07, 6.45) is 2.17. The summed E-state index contributed by atoms with van der Waals surface area (Å²) >= 11 is 2.60. The molecule has 9 heteroatoms. The lowest BCUT2D eigenvalue weighted by Gasteiger charge is -2.13. The first-order chi connectivity index (χ1) is 11.7. The summed E-state index contributed by atoms with van der Waals surface area (Å²) in [6.45, 7) is 1.70. The van der Waals surface area contributed by atoms with E-state index >= 15 is 0 Å². The molecule has 126 valence electrons. The summed E-state index contributed by atoms with van der Waals surface area (Å²) in [6, 6.07) is 8.78. The highest BCUT2D eigenvalue weighted by molar-refractivity contribution is 8.01. The van der Waals surface area contributed by atoms with Gasteiger partial charge in [-0.1, -0.05) is 41.3 Å². The molecule has 0 atom stereocenters. The third-order valence-electron chi connectivity index (χ3n) is 3.44. The minimum Gasteiger partial charge on any atom is -0.342 e. The first kappa shape index (κ1) is 16.7. The van der Waals surface area contributed by atoms with Crippen LogP contribution in [0.1, 0.15) is 12.8 Å². The maximum Gasteiger partial charge on any atom is 0.325 e. The van der Waals surface area contributed by atoms with Crippen molar-refractivity contribution in [3.63, 3.8) is 0 Å². The molecular formula is C15H17N5O2S2. The Labute approximate surface area is 147 Å². The molecule has 0 saturated carbocycles. The number of hydrogen-bond donors (Lipinski definition) is 2. The van der Waals surface area contributed by atoms with E-state index in [1.54, 1.807) is 12.1 Å². The Morgan fingerprint density at radius 2 is 1.88 bits per heavy atom. The van der Waals surface area contributed by atoms with Crippen LogP contribution in [-0.2, 0) is 4.79 Å². The van der Waals surface area contributed by atoms with E-state index in [1.807, 2.05) is 23.1 Å². The maximum atomic E-state index is 12.0. The molecule has 0 unspecified atom stereocenters. The fourth-order valence-corrected chi connectivity index (χ4v) is 3.93. The number of nitrogens with zero attached hydrogens (tertiary/aromatic N) is 3. The van der Waals surface area contributed by atoms with Crippen molar-refractivity contribution in [2.24, 2.45) is 0 Å². The molecule has 0 radical (unpaired) electrons. The summed E-state index contributed by atoms with van der Waals surface area (Å²) in [4.78, 5) is 25.7. The molecule has 0 spiro atoms. The number of thioether (sulfide) groups is 1. The second-order valence-electron chi connectivity index (χ2n) is 5.19. The van der Waals surface area contributed by atoms with Crippen LogP contribution in [0.5, 0.6) is 0 Å². The van der Waals surface area contributed by atoms with Gasteiger partial charge in [0.2, 0.25) is 11.0 Å². The van der Waals surface area contributed by atoms with Crippen molar-refractivity contribution < 1.29 is 9.59 Å². The van der Waals surface area contributed by atoms with Crippen LogP contribution in [0.4, 0.5) is 15.6 Å². The summed E-state index contributed by atoms with van der Waals surface area (Å²) in [5.41, 5.74) is 0.699. The van der Waals surface area contributed by atoms with E-state index in [4.69, 9.17) is 0 Å². The van der Waals surface area contributed by atoms with E-state index in [-0.39, 0.29) is 11.9 Å². The number of aromatic nitrogens is 2. The van der Waals surface area contributed by atoms with Crippen LogP contribution in [0.25, 0.3) is 0 Å². The molecule has 2 heterocycles. The van der Waals surface area contributed by atoms with Crippen LogP contribution in [0.2, 0.25) is 0 Å². The SMILES string of the molecule is O=C(Nc1ccccc1)Nc1nnc(SCC(=O)N2CCCC2)s1. The molecule has 0 aliphatic carbocycles. The van der Waals surface area contributed by atoms with Gasteiger partial charge >= 0.3 is 6.03 Å². The highest BCUT2D eigenvalue weighted by atomic mass is 32.2. The predicted molar refractivity (Wildman–Crippen MR) is 95.5 cm³/mol. The molecule has 1 aliphatic rings. The van der Waals surface area contributed by atoms with Crippen molar-refractivity contribution >= 4 is 45.9 Å². The van der Waals surface area contributed by atoms with Crippen LogP contribution in [0.15, 0.2) is 34.7 Å².